The van der Waals surface area contributed by atoms with Crippen molar-refractivity contribution in [3.05, 3.63) is 29.8 Å². The summed E-state index contributed by atoms with van der Waals surface area (Å²) in [7, 11) is 1.76. The van der Waals surface area contributed by atoms with Gasteiger partial charge in [-0.1, -0.05) is 18.2 Å². The number of para-hydroxylation sites is 1. The van der Waals surface area contributed by atoms with Gasteiger partial charge in [-0.2, -0.15) is 0 Å². The van der Waals surface area contributed by atoms with E-state index in [-0.39, 0.29) is 18.4 Å². The highest BCUT2D eigenvalue weighted by Crippen LogP contribution is 2.18. The first-order valence-electron chi connectivity index (χ1n) is 6.68. The summed E-state index contributed by atoms with van der Waals surface area (Å²) in [6.07, 6.45) is 0.704. The van der Waals surface area contributed by atoms with Crippen LogP contribution in [0.25, 0.3) is 0 Å². The molecule has 5 nitrogen and oxygen atoms in total. The number of amides is 1. The van der Waals surface area contributed by atoms with Crippen molar-refractivity contribution in [2.24, 2.45) is 0 Å². The molecule has 1 aromatic rings. The normalized spacial score (nSPS) is 11.8. The molecule has 0 heterocycles. The fraction of sp³-hybridized carbons (Fsp3) is 0.467. The van der Waals surface area contributed by atoms with Crippen molar-refractivity contribution in [1.29, 1.82) is 0 Å². The Kier molecular flexibility index (Phi) is 6.03. The van der Waals surface area contributed by atoms with Gasteiger partial charge in [0.05, 0.1) is 0 Å². The molecule has 0 fully saturated rings. The predicted octanol–water partition coefficient (Wildman–Crippen LogP) is 2.33. The molecule has 0 radical (unpaired) electrons. The number of rotatable bonds is 7. The Bertz CT molecular complexity index is 474. The summed E-state index contributed by atoms with van der Waals surface area (Å²) >= 11 is 0. The lowest BCUT2D eigenvalue weighted by Gasteiger charge is -2.21. The lowest BCUT2D eigenvalue weighted by molar-refractivity contribution is -0.137. The van der Waals surface area contributed by atoms with Gasteiger partial charge >= 0.3 is 5.97 Å². The van der Waals surface area contributed by atoms with Crippen LogP contribution in [0.2, 0.25) is 0 Å². The minimum Gasteiger partial charge on any atom is -0.481 e. The molecule has 0 aliphatic heterocycles. The summed E-state index contributed by atoms with van der Waals surface area (Å²) in [6, 6.07) is 7.82. The van der Waals surface area contributed by atoms with Crippen LogP contribution in [0.3, 0.4) is 0 Å². The van der Waals surface area contributed by atoms with E-state index in [2.05, 4.69) is 5.32 Å². The Labute approximate surface area is 119 Å². The van der Waals surface area contributed by atoms with Crippen LogP contribution in [0.4, 0.5) is 5.69 Å². The third-order valence-electron chi connectivity index (χ3n) is 3.16. The molecule has 1 amide bonds. The van der Waals surface area contributed by atoms with E-state index in [0.717, 1.165) is 11.3 Å². The third kappa shape index (κ3) is 5.30. The molecule has 2 N–H and O–H groups in total. The van der Waals surface area contributed by atoms with Crippen LogP contribution in [0, 0.1) is 0 Å². The van der Waals surface area contributed by atoms with Crippen LogP contribution in [-0.4, -0.2) is 35.0 Å². The number of carbonyl (C=O) groups excluding carboxylic acids is 1. The van der Waals surface area contributed by atoms with Crippen molar-refractivity contribution >= 4 is 17.6 Å². The maximum absolute atomic E-state index is 11.3. The van der Waals surface area contributed by atoms with Gasteiger partial charge < -0.3 is 15.3 Å². The van der Waals surface area contributed by atoms with E-state index in [9.17, 15) is 9.59 Å². The van der Waals surface area contributed by atoms with Gasteiger partial charge in [0, 0.05) is 38.7 Å². The van der Waals surface area contributed by atoms with Crippen LogP contribution in [0.15, 0.2) is 24.3 Å². The zero-order valence-corrected chi connectivity index (χ0v) is 12.2. The van der Waals surface area contributed by atoms with Crippen LogP contribution < -0.4 is 5.32 Å². The molecule has 0 saturated carbocycles. The summed E-state index contributed by atoms with van der Waals surface area (Å²) in [4.78, 5) is 23.5. The summed E-state index contributed by atoms with van der Waals surface area (Å²) < 4.78 is 0. The van der Waals surface area contributed by atoms with Crippen LogP contribution >= 0.6 is 0 Å². The molecule has 1 rings (SSSR count). The Balaban J connectivity index is 2.70. The Hall–Kier alpha value is -2.04. The SMILES string of the molecule is CC(=O)N(C)Cc1ccccc1NC(C)CCC(=O)O. The topological polar surface area (TPSA) is 69.6 Å². The zero-order valence-electron chi connectivity index (χ0n) is 12.2. The van der Waals surface area contributed by atoms with Gasteiger partial charge in [-0.3, -0.25) is 9.59 Å². The number of carboxylic acids is 1. The zero-order chi connectivity index (χ0) is 15.1. The molecule has 0 aliphatic carbocycles. The van der Waals surface area contributed by atoms with Gasteiger partial charge in [-0.15, -0.1) is 0 Å². The number of hydrogen-bond donors (Lipinski definition) is 2. The second-order valence-electron chi connectivity index (χ2n) is 5.01. The summed E-state index contributed by atoms with van der Waals surface area (Å²) in [5.41, 5.74) is 1.96. The second kappa shape index (κ2) is 7.53. The van der Waals surface area contributed by atoms with Crippen molar-refractivity contribution in [3.8, 4) is 0 Å². The van der Waals surface area contributed by atoms with Crippen LogP contribution in [0.1, 0.15) is 32.3 Å². The molecule has 0 aromatic heterocycles. The molecule has 20 heavy (non-hydrogen) atoms. The number of anilines is 1. The van der Waals surface area contributed by atoms with Gasteiger partial charge in [0.15, 0.2) is 0 Å². The van der Waals surface area contributed by atoms with E-state index >= 15 is 0 Å². The summed E-state index contributed by atoms with van der Waals surface area (Å²) in [5, 5.41) is 12.0. The van der Waals surface area contributed by atoms with E-state index in [0.29, 0.717) is 13.0 Å². The number of hydrogen-bond acceptors (Lipinski definition) is 3. The number of aliphatic carboxylic acids is 1. The monoisotopic (exact) mass is 278 g/mol. The van der Waals surface area contributed by atoms with Crippen molar-refractivity contribution in [2.45, 2.75) is 39.3 Å². The summed E-state index contributed by atoms with van der Waals surface area (Å²) in [6.45, 7) is 4.02. The third-order valence-corrected chi connectivity index (χ3v) is 3.16. The lowest BCUT2D eigenvalue weighted by atomic mass is 10.1. The van der Waals surface area contributed by atoms with E-state index < -0.39 is 5.97 Å². The van der Waals surface area contributed by atoms with E-state index in [4.69, 9.17) is 5.11 Å². The first-order chi connectivity index (χ1) is 9.40. The summed E-state index contributed by atoms with van der Waals surface area (Å²) in [5.74, 6) is -0.776. The number of nitrogens with zero attached hydrogens (tertiary/aromatic N) is 1. The molecular formula is C15H22N2O3. The number of carbonyl (C=O) groups is 2. The minimum absolute atomic E-state index is 0.0127. The fourth-order valence-corrected chi connectivity index (χ4v) is 1.84. The van der Waals surface area contributed by atoms with E-state index in [1.54, 1.807) is 11.9 Å². The predicted molar refractivity (Wildman–Crippen MR) is 78.5 cm³/mol. The molecule has 0 aliphatic rings. The second-order valence-corrected chi connectivity index (χ2v) is 5.01. The average molecular weight is 278 g/mol. The maximum atomic E-state index is 11.3. The molecular weight excluding hydrogens is 256 g/mol. The van der Waals surface area contributed by atoms with Gasteiger partial charge in [-0.25, -0.2) is 0 Å². The fourth-order valence-electron chi connectivity index (χ4n) is 1.84. The standard InChI is InChI=1S/C15H22N2O3/c1-11(8-9-15(19)20)16-14-7-5-4-6-13(14)10-17(3)12(2)18/h4-7,11,16H,8-10H2,1-3H3,(H,19,20). The van der Waals surface area contributed by atoms with Crippen molar-refractivity contribution in [3.63, 3.8) is 0 Å². The molecule has 1 atom stereocenters. The van der Waals surface area contributed by atoms with Crippen LogP contribution in [0.5, 0.6) is 0 Å². The highest BCUT2D eigenvalue weighted by atomic mass is 16.4. The first kappa shape index (κ1) is 16.0. The van der Waals surface area contributed by atoms with E-state index in [1.165, 1.54) is 6.92 Å². The average Bonchev–Trinajstić information content (AvgIpc) is 2.38. The molecule has 110 valence electrons. The quantitative estimate of drug-likeness (QED) is 0.803. The number of carboxylic acid groups (broad SMARTS) is 1. The van der Waals surface area contributed by atoms with Crippen molar-refractivity contribution in [1.82, 2.24) is 4.90 Å². The van der Waals surface area contributed by atoms with Crippen molar-refractivity contribution < 1.29 is 14.7 Å². The van der Waals surface area contributed by atoms with Gasteiger partial charge in [0.25, 0.3) is 0 Å². The molecule has 0 saturated heterocycles. The van der Waals surface area contributed by atoms with E-state index in [1.807, 2.05) is 31.2 Å². The van der Waals surface area contributed by atoms with Crippen LogP contribution in [-0.2, 0) is 16.1 Å². The number of nitrogens with one attached hydrogen (secondary N) is 1. The smallest absolute Gasteiger partial charge is 0.303 e. The molecule has 1 aromatic carbocycles. The Morgan fingerprint density at radius 3 is 2.60 bits per heavy atom. The van der Waals surface area contributed by atoms with Gasteiger partial charge in [-0.05, 0) is 25.0 Å². The number of benzene rings is 1. The highest BCUT2D eigenvalue weighted by Gasteiger charge is 2.10. The Morgan fingerprint density at radius 1 is 1.35 bits per heavy atom. The minimum atomic E-state index is -0.789. The van der Waals surface area contributed by atoms with Crippen molar-refractivity contribution in [2.75, 3.05) is 12.4 Å². The highest BCUT2D eigenvalue weighted by molar-refractivity contribution is 5.73. The molecule has 0 bridgehead atoms. The molecule has 1 unspecified atom stereocenters. The largest absolute Gasteiger partial charge is 0.481 e. The molecule has 5 heteroatoms. The lowest BCUT2D eigenvalue weighted by Crippen LogP contribution is -2.24. The van der Waals surface area contributed by atoms with Gasteiger partial charge in [0.1, 0.15) is 0 Å². The Morgan fingerprint density at radius 2 is 2.00 bits per heavy atom. The molecule has 0 spiro atoms. The first-order valence-corrected chi connectivity index (χ1v) is 6.68. The maximum Gasteiger partial charge on any atom is 0.303 e. The van der Waals surface area contributed by atoms with Gasteiger partial charge in [0.2, 0.25) is 5.91 Å².